The van der Waals surface area contributed by atoms with Crippen LogP contribution in [0.1, 0.15) is 19.4 Å². The number of halogens is 3. The molecule has 0 aromatic heterocycles. The van der Waals surface area contributed by atoms with Crippen molar-refractivity contribution in [3.05, 3.63) is 29.8 Å². The van der Waals surface area contributed by atoms with Crippen LogP contribution in [0.2, 0.25) is 0 Å². The summed E-state index contributed by atoms with van der Waals surface area (Å²) in [6, 6.07) is 5.22. The molecule has 1 aromatic rings. The normalized spacial score (nSPS) is 17.8. The first-order valence-corrected chi connectivity index (χ1v) is 5.91. The summed E-state index contributed by atoms with van der Waals surface area (Å²) in [6.45, 7) is 4.32. The Labute approximate surface area is 109 Å². The van der Waals surface area contributed by atoms with Gasteiger partial charge in [0.2, 0.25) is 5.91 Å². The maximum atomic E-state index is 12.6. The fourth-order valence-electron chi connectivity index (χ4n) is 2.36. The fraction of sp³-hybridized carbons (Fsp3) is 0.462. The first kappa shape index (κ1) is 13.7. The van der Waals surface area contributed by atoms with Gasteiger partial charge in [-0.2, -0.15) is 13.2 Å². The van der Waals surface area contributed by atoms with Crippen LogP contribution in [0.5, 0.6) is 0 Å². The van der Waals surface area contributed by atoms with Gasteiger partial charge in [0.25, 0.3) is 0 Å². The summed E-state index contributed by atoms with van der Waals surface area (Å²) in [5.41, 5.74) is -0.490. The Hall–Kier alpha value is -1.72. The Morgan fingerprint density at radius 2 is 2.00 bits per heavy atom. The number of anilines is 1. The average Bonchev–Trinajstić information content (AvgIpc) is 2.24. The predicted octanol–water partition coefficient (Wildman–Crippen LogP) is 2.42. The van der Waals surface area contributed by atoms with Crippen LogP contribution < -0.4 is 10.2 Å². The lowest BCUT2D eigenvalue weighted by molar-refractivity contribution is -0.137. The first-order chi connectivity index (χ1) is 8.70. The molecule has 0 unspecified atom stereocenters. The summed E-state index contributed by atoms with van der Waals surface area (Å²) in [6.07, 6.45) is -4.33. The van der Waals surface area contributed by atoms with Gasteiger partial charge in [-0.15, -0.1) is 0 Å². The molecule has 104 valence electrons. The van der Waals surface area contributed by atoms with Crippen LogP contribution in [0.4, 0.5) is 18.9 Å². The SMILES string of the molecule is CC(=O)NC1(C)CN(c2cccc(C(F)(F)F)c2)C1. The zero-order valence-corrected chi connectivity index (χ0v) is 10.7. The summed E-state index contributed by atoms with van der Waals surface area (Å²) in [5.74, 6) is -0.133. The molecule has 0 bridgehead atoms. The third kappa shape index (κ3) is 3.00. The summed E-state index contributed by atoms with van der Waals surface area (Å²) in [7, 11) is 0. The minimum atomic E-state index is -4.33. The third-order valence-corrected chi connectivity index (χ3v) is 3.10. The number of benzene rings is 1. The van der Waals surface area contributed by atoms with E-state index >= 15 is 0 Å². The monoisotopic (exact) mass is 272 g/mol. The molecule has 2 rings (SSSR count). The van der Waals surface area contributed by atoms with Crippen LogP contribution in [-0.4, -0.2) is 24.5 Å². The van der Waals surface area contributed by atoms with Gasteiger partial charge >= 0.3 is 6.18 Å². The highest BCUT2D eigenvalue weighted by Crippen LogP contribution is 2.34. The highest BCUT2D eigenvalue weighted by atomic mass is 19.4. The number of amides is 1. The van der Waals surface area contributed by atoms with Gasteiger partial charge in [-0.05, 0) is 25.1 Å². The van der Waals surface area contributed by atoms with Gasteiger partial charge in [-0.1, -0.05) is 6.07 Å². The van der Waals surface area contributed by atoms with Crippen molar-refractivity contribution in [1.29, 1.82) is 0 Å². The molecule has 0 atom stereocenters. The molecular weight excluding hydrogens is 257 g/mol. The molecule has 19 heavy (non-hydrogen) atoms. The number of carbonyl (C=O) groups is 1. The Balaban J connectivity index is 2.08. The topological polar surface area (TPSA) is 32.3 Å². The van der Waals surface area contributed by atoms with Crippen molar-refractivity contribution in [3.8, 4) is 0 Å². The van der Waals surface area contributed by atoms with Crippen LogP contribution in [0.25, 0.3) is 0 Å². The van der Waals surface area contributed by atoms with Crippen molar-refractivity contribution in [2.24, 2.45) is 0 Å². The average molecular weight is 272 g/mol. The van der Waals surface area contributed by atoms with E-state index in [4.69, 9.17) is 0 Å². The van der Waals surface area contributed by atoms with E-state index in [0.717, 1.165) is 12.1 Å². The standard InChI is InChI=1S/C13H15F3N2O/c1-9(19)17-12(2)7-18(8-12)11-5-3-4-10(6-11)13(14,15)16/h3-6H,7-8H2,1-2H3,(H,17,19). The van der Waals surface area contributed by atoms with E-state index in [1.165, 1.54) is 13.0 Å². The van der Waals surface area contributed by atoms with E-state index in [-0.39, 0.29) is 11.4 Å². The molecule has 0 radical (unpaired) electrons. The van der Waals surface area contributed by atoms with Crippen molar-refractivity contribution in [2.45, 2.75) is 25.6 Å². The quantitative estimate of drug-likeness (QED) is 0.896. The number of carbonyl (C=O) groups excluding carboxylic acids is 1. The van der Waals surface area contributed by atoms with Crippen LogP contribution in [0.15, 0.2) is 24.3 Å². The molecule has 1 amide bonds. The van der Waals surface area contributed by atoms with Gasteiger partial charge in [0.15, 0.2) is 0 Å². The lowest BCUT2D eigenvalue weighted by Gasteiger charge is -2.49. The molecule has 3 nitrogen and oxygen atoms in total. The molecule has 1 heterocycles. The Morgan fingerprint density at radius 1 is 1.37 bits per heavy atom. The van der Waals surface area contributed by atoms with E-state index in [1.54, 1.807) is 6.07 Å². The maximum Gasteiger partial charge on any atom is 0.416 e. The van der Waals surface area contributed by atoms with Gasteiger partial charge in [0.05, 0.1) is 11.1 Å². The number of alkyl halides is 3. The maximum absolute atomic E-state index is 12.6. The van der Waals surface area contributed by atoms with E-state index < -0.39 is 11.7 Å². The lowest BCUT2D eigenvalue weighted by Crippen LogP contribution is -2.68. The van der Waals surface area contributed by atoms with Crippen LogP contribution >= 0.6 is 0 Å². The zero-order valence-electron chi connectivity index (χ0n) is 10.7. The number of hydrogen-bond acceptors (Lipinski definition) is 2. The van der Waals surface area contributed by atoms with Gasteiger partial charge in [0.1, 0.15) is 0 Å². The van der Waals surface area contributed by atoms with E-state index in [2.05, 4.69) is 5.32 Å². The van der Waals surface area contributed by atoms with E-state index in [9.17, 15) is 18.0 Å². The molecule has 0 spiro atoms. The second-order valence-corrected chi connectivity index (χ2v) is 5.15. The number of nitrogens with zero attached hydrogens (tertiary/aromatic N) is 1. The molecule has 1 aromatic carbocycles. The van der Waals surface area contributed by atoms with E-state index in [1.807, 2.05) is 11.8 Å². The first-order valence-electron chi connectivity index (χ1n) is 5.91. The molecule has 1 fully saturated rings. The van der Waals surface area contributed by atoms with Crippen molar-refractivity contribution in [2.75, 3.05) is 18.0 Å². The van der Waals surface area contributed by atoms with Gasteiger partial charge in [-0.25, -0.2) is 0 Å². The molecule has 6 heteroatoms. The lowest BCUT2D eigenvalue weighted by atomic mass is 9.91. The molecule has 1 aliphatic rings. The highest BCUT2D eigenvalue weighted by molar-refractivity contribution is 5.74. The molecule has 1 aliphatic heterocycles. The van der Waals surface area contributed by atoms with Gasteiger partial charge in [0, 0.05) is 25.7 Å². The minimum absolute atomic E-state index is 0.133. The van der Waals surface area contributed by atoms with Crippen LogP contribution in [0.3, 0.4) is 0 Å². The summed E-state index contributed by atoms with van der Waals surface area (Å²) >= 11 is 0. The number of hydrogen-bond donors (Lipinski definition) is 1. The predicted molar refractivity (Wildman–Crippen MR) is 65.9 cm³/mol. The smallest absolute Gasteiger partial charge is 0.367 e. The molecule has 0 aliphatic carbocycles. The van der Waals surface area contributed by atoms with Gasteiger partial charge < -0.3 is 10.2 Å². The largest absolute Gasteiger partial charge is 0.416 e. The highest BCUT2D eigenvalue weighted by Gasteiger charge is 2.40. The van der Waals surface area contributed by atoms with E-state index in [0.29, 0.717) is 18.8 Å². The molecule has 1 saturated heterocycles. The van der Waals surface area contributed by atoms with Gasteiger partial charge in [-0.3, -0.25) is 4.79 Å². The van der Waals surface area contributed by atoms with Crippen molar-refractivity contribution < 1.29 is 18.0 Å². The Morgan fingerprint density at radius 3 is 2.53 bits per heavy atom. The summed E-state index contributed by atoms with van der Waals surface area (Å²) < 4.78 is 37.8. The van der Waals surface area contributed by atoms with Crippen LogP contribution in [0, 0.1) is 0 Å². The Bertz CT molecular complexity index is 493. The summed E-state index contributed by atoms with van der Waals surface area (Å²) in [5, 5.41) is 2.80. The fourth-order valence-corrected chi connectivity index (χ4v) is 2.36. The molecular formula is C13H15F3N2O. The Kier molecular flexibility index (Phi) is 3.20. The van der Waals surface area contributed by atoms with Crippen molar-refractivity contribution in [3.63, 3.8) is 0 Å². The van der Waals surface area contributed by atoms with Crippen LogP contribution in [-0.2, 0) is 11.0 Å². The second-order valence-electron chi connectivity index (χ2n) is 5.15. The zero-order chi connectivity index (χ0) is 14.3. The minimum Gasteiger partial charge on any atom is -0.367 e. The molecule has 1 N–H and O–H groups in total. The number of nitrogens with one attached hydrogen (secondary N) is 1. The second kappa shape index (κ2) is 4.43. The van der Waals surface area contributed by atoms with Crippen molar-refractivity contribution in [1.82, 2.24) is 5.32 Å². The summed E-state index contributed by atoms with van der Waals surface area (Å²) in [4.78, 5) is 12.8. The third-order valence-electron chi connectivity index (χ3n) is 3.10. The van der Waals surface area contributed by atoms with Crippen molar-refractivity contribution >= 4 is 11.6 Å². The molecule has 0 saturated carbocycles. The number of rotatable bonds is 2.